The lowest BCUT2D eigenvalue weighted by molar-refractivity contribution is 0.0393. The first kappa shape index (κ1) is 18.4. The van der Waals surface area contributed by atoms with Crippen molar-refractivity contribution >= 4 is 23.3 Å². The van der Waals surface area contributed by atoms with E-state index >= 15 is 0 Å². The highest BCUT2D eigenvalue weighted by Crippen LogP contribution is 2.24. The summed E-state index contributed by atoms with van der Waals surface area (Å²) in [7, 11) is 1.99. The van der Waals surface area contributed by atoms with Gasteiger partial charge in [0.05, 0.1) is 23.8 Å². The molecule has 7 heteroatoms. The Labute approximate surface area is 154 Å². The van der Waals surface area contributed by atoms with Crippen molar-refractivity contribution in [1.82, 2.24) is 14.8 Å². The number of aromatic nitrogens is 1. The summed E-state index contributed by atoms with van der Waals surface area (Å²) in [6.45, 7) is 7.00. The van der Waals surface area contributed by atoms with Crippen LogP contribution in [0.5, 0.6) is 0 Å². The number of piperidine rings is 1. The van der Waals surface area contributed by atoms with Crippen molar-refractivity contribution in [1.29, 1.82) is 0 Å². The van der Waals surface area contributed by atoms with Gasteiger partial charge < -0.3 is 14.5 Å². The molecule has 3 rings (SSSR count). The van der Waals surface area contributed by atoms with Gasteiger partial charge in [-0.15, -0.1) is 0 Å². The maximum atomic E-state index is 12.6. The molecule has 2 fully saturated rings. The van der Waals surface area contributed by atoms with Crippen molar-refractivity contribution in [3.63, 3.8) is 0 Å². The average molecular weight is 367 g/mol. The molecule has 0 bridgehead atoms. The predicted molar refractivity (Wildman–Crippen MR) is 99.5 cm³/mol. The van der Waals surface area contributed by atoms with Crippen LogP contribution in [0.15, 0.2) is 12.3 Å². The van der Waals surface area contributed by atoms with E-state index in [-0.39, 0.29) is 5.91 Å². The fourth-order valence-electron chi connectivity index (χ4n) is 3.33. The second kappa shape index (κ2) is 8.83. The summed E-state index contributed by atoms with van der Waals surface area (Å²) in [5, 5.41) is 0.535. The molecule has 0 N–H and O–H groups in total. The first-order valence-electron chi connectivity index (χ1n) is 9.11. The Hall–Kier alpha value is -1.37. The minimum Gasteiger partial charge on any atom is -0.379 e. The third-order valence-electron chi connectivity index (χ3n) is 4.93. The molecule has 1 amide bonds. The Morgan fingerprint density at radius 1 is 1.24 bits per heavy atom. The van der Waals surface area contributed by atoms with Gasteiger partial charge in [-0.05, 0) is 25.3 Å². The summed E-state index contributed by atoms with van der Waals surface area (Å²) in [5.74, 6) is 0.766. The number of carbonyl (C=O) groups excluding carboxylic acids is 1. The van der Waals surface area contributed by atoms with Crippen LogP contribution in [0.3, 0.4) is 0 Å². The molecule has 0 unspecified atom stereocenters. The largest absolute Gasteiger partial charge is 0.379 e. The van der Waals surface area contributed by atoms with Crippen LogP contribution in [0.25, 0.3) is 0 Å². The van der Waals surface area contributed by atoms with Crippen LogP contribution in [0.4, 0.5) is 5.82 Å². The van der Waals surface area contributed by atoms with E-state index in [4.69, 9.17) is 16.3 Å². The minimum absolute atomic E-state index is 0.0385. The van der Waals surface area contributed by atoms with Gasteiger partial charge in [0.2, 0.25) is 0 Å². The standard InChI is InChI=1S/C18H27ClN4O2/c1-21(7-8-22-9-11-25-12-10-22)17-16(19)13-15(14-20-17)18(24)23-5-3-2-4-6-23/h13-14H,2-12H2,1H3. The maximum absolute atomic E-state index is 12.6. The van der Waals surface area contributed by atoms with Crippen molar-refractivity contribution in [3.05, 3.63) is 22.8 Å². The quantitative estimate of drug-likeness (QED) is 0.799. The number of amides is 1. The topological polar surface area (TPSA) is 48.9 Å². The fourth-order valence-corrected chi connectivity index (χ4v) is 3.64. The van der Waals surface area contributed by atoms with E-state index in [1.165, 1.54) is 6.42 Å². The monoisotopic (exact) mass is 366 g/mol. The molecule has 0 spiro atoms. The third-order valence-corrected chi connectivity index (χ3v) is 5.21. The Bertz CT molecular complexity index is 586. The smallest absolute Gasteiger partial charge is 0.255 e. The van der Waals surface area contributed by atoms with Crippen LogP contribution in [-0.4, -0.2) is 80.2 Å². The van der Waals surface area contributed by atoms with Crippen molar-refractivity contribution in [2.45, 2.75) is 19.3 Å². The highest BCUT2D eigenvalue weighted by Gasteiger charge is 2.20. The number of carbonyl (C=O) groups is 1. The summed E-state index contributed by atoms with van der Waals surface area (Å²) in [4.78, 5) is 23.3. The van der Waals surface area contributed by atoms with E-state index in [1.807, 2.05) is 16.8 Å². The predicted octanol–water partition coefficient (Wildman–Crippen LogP) is 2.13. The van der Waals surface area contributed by atoms with E-state index in [0.29, 0.717) is 10.6 Å². The Balaban J connectivity index is 1.59. The van der Waals surface area contributed by atoms with Gasteiger partial charge in [0.1, 0.15) is 5.82 Å². The van der Waals surface area contributed by atoms with E-state index in [2.05, 4.69) is 9.88 Å². The molecule has 138 valence electrons. The number of rotatable bonds is 5. The van der Waals surface area contributed by atoms with Crippen molar-refractivity contribution in [2.24, 2.45) is 0 Å². The van der Waals surface area contributed by atoms with Crippen molar-refractivity contribution in [2.75, 3.05) is 64.4 Å². The lowest BCUT2D eigenvalue weighted by atomic mass is 10.1. The van der Waals surface area contributed by atoms with Gasteiger partial charge in [0.15, 0.2) is 0 Å². The van der Waals surface area contributed by atoms with Crippen LogP contribution in [-0.2, 0) is 4.74 Å². The summed E-state index contributed by atoms with van der Waals surface area (Å²) in [6, 6.07) is 1.76. The maximum Gasteiger partial charge on any atom is 0.255 e. The normalized spacial score (nSPS) is 19.0. The minimum atomic E-state index is 0.0385. The first-order chi connectivity index (χ1) is 12.1. The van der Waals surface area contributed by atoms with Gasteiger partial charge in [0, 0.05) is 52.5 Å². The second-order valence-electron chi connectivity index (χ2n) is 6.76. The zero-order valence-electron chi connectivity index (χ0n) is 14.9. The number of likely N-dealkylation sites (tertiary alicyclic amines) is 1. The molecule has 0 radical (unpaired) electrons. The average Bonchev–Trinajstić information content (AvgIpc) is 2.67. The zero-order valence-corrected chi connectivity index (χ0v) is 15.7. The fraction of sp³-hybridized carbons (Fsp3) is 0.667. The Morgan fingerprint density at radius 3 is 2.64 bits per heavy atom. The summed E-state index contributed by atoms with van der Waals surface area (Å²) in [5.41, 5.74) is 0.581. The van der Waals surface area contributed by atoms with Crippen LogP contribution >= 0.6 is 11.6 Å². The molecule has 0 aromatic carbocycles. The molecular formula is C18H27ClN4O2. The van der Waals surface area contributed by atoms with Crippen LogP contribution in [0.2, 0.25) is 5.02 Å². The van der Waals surface area contributed by atoms with Gasteiger partial charge in [-0.3, -0.25) is 9.69 Å². The lowest BCUT2D eigenvalue weighted by Gasteiger charge is -2.29. The summed E-state index contributed by atoms with van der Waals surface area (Å²) in [6.07, 6.45) is 5.02. The first-order valence-corrected chi connectivity index (χ1v) is 9.49. The van der Waals surface area contributed by atoms with Gasteiger partial charge in [-0.1, -0.05) is 11.6 Å². The van der Waals surface area contributed by atoms with E-state index in [0.717, 1.165) is 71.1 Å². The Morgan fingerprint density at radius 2 is 1.96 bits per heavy atom. The molecule has 0 saturated carbocycles. The number of anilines is 1. The Kier molecular flexibility index (Phi) is 6.51. The van der Waals surface area contributed by atoms with Gasteiger partial charge in [0.25, 0.3) is 5.91 Å². The molecule has 2 aliphatic rings. The van der Waals surface area contributed by atoms with Gasteiger partial charge in [-0.25, -0.2) is 4.98 Å². The van der Waals surface area contributed by atoms with Crippen molar-refractivity contribution < 1.29 is 9.53 Å². The van der Waals surface area contributed by atoms with Crippen LogP contribution < -0.4 is 4.90 Å². The number of halogens is 1. The number of hydrogen-bond acceptors (Lipinski definition) is 5. The molecule has 2 saturated heterocycles. The highest BCUT2D eigenvalue weighted by molar-refractivity contribution is 6.33. The van der Waals surface area contributed by atoms with Crippen LogP contribution in [0.1, 0.15) is 29.6 Å². The molecule has 1 aromatic heterocycles. The molecule has 6 nitrogen and oxygen atoms in total. The zero-order chi connectivity index (χ0) is 17.6. The number of ether oxygens (including phenoxy) is 1. The summed E-state index contributed by atoms with van der Waals surface area (Å²) >= 11 is 6.42. The number of hydrogen-bond donors (Lipinski definition) is 0. The molecule has 25 heavy (non-hydrogen) atoms. The second-order valence-corrected chi connectivity index (χ2v) is 7.17. The molecular weight excluding hydrogens is 340 g/mol. The van der Waals surface area contributed by atoms with Gasteiger partial charge >= 0.3 is 0 Å². The van der Waals surface area contributed by atoms with E-state index in [9.17, 15) is 4.79 Å². The van der Waals surface area contributed by atoms with E-state index < -0.39 is 0 Å². The molecule has 2 aliphatic heterocycles. The number of morpholine rings is 1. The molecule has 0 atom stereocenters. The molecule has 3 heterocycles. The van der Waals surface area contributed by atoms with Gasteiger partial charge in [-0.2, -0.15) is 0 Å². The van der Waals surface area contributed by atoms with Crippen LogP contribution in [0, 0.1) is 0 Å². The lowest BCUT2D eigenvalue weighted by Crippen LogP contribution is -2.41. The highest BCUT2D eigenvalue weighted by atomic mass is 35.5. The van der Waals surface area contributed by atoms with E-state index in [1.54, 1.807) is 12.3 Å². The molecule has 1 aromatic rings. The number of pyridine rings is 1. The molecule has 0 aliphatic carbocycles. The number of likely N-dealkylation sites (N-methyl/N-ethyl adjacent to an activating group) is 1. The third kappa shape index (κ3) is 4.84. The summed E-state index contributed by atoms with van der Waals surface area (Å²) < 4.78 is 5.37. The SMILES string of the molecule is CN(CCN1CCOCC1)c1ncc(C(=O)N2CCCCC2)cc1Cl. The van der Waals surface area contributed by atoms with Crippen molar-refractivity contribution in [3.8, 4) is 0 Å². The number of nitrogens with zero attached hydrogens (tertiary/aromatic N) is 4.